The zero-order valence-corrected chi connectivity index (χ0v) is 75.5. The van der Waals surface area contributed by atoms with Crippen molar-refractivity contribution in [2.24, 2.45) is 0 Å². The van der Waals surface area contributed by atoms with Crippen LogP contribution in [0.15, 0.2) is 443 Å². The number of anilines is 6. The van der Waals surface area contributed by atoms with Crippen molar-refractivity contribution in [1.29, 1.82) is 0 Å². The van der Waals surface area contributed by atoms with E-state index < -0.39 is 35.0 Å². The van der Waals surface area contributed by atoms with E-state index in [4.69, 9.17) is 0 Å². The maximum absolute atomic E-state index is 10.5. The first-order valence-corrected chi connectivity index (χ1v) is 46.2. The molecule has 630 valence electrons. The lowest BCUT2D eigenvalue weighted by Crippen LogP contribution is -2.61. The van der Waals surface area contributed by atoms with E-state index in [-0.39, 0.29) is 68.4 Å². The van der Waals surface area contributed by atoms with E-state index in [0.29, 0.717) is 11.3 Å². The maximum Gasteiger partial charge on any atom is 0.252 e. The van der Waals surface area contributed by atoms with Crippen molar-refractivity contribution in [2.75, 3.05) is 9.80 Å². The van der Waals surface area contributed by atoms with Crippen LogP contribution < -0.4 is 26.2 Å². The zero-order chi connectivity index (χ0) is 95.2. The Bertz CT molecular complexity index is 8340. The number of aromatic nitrogens is 1. The minimum Gasteiger partial charge on any atom is -0.311 e. The number of nitrogens with zero attached hydrogens (tertiary/aromatic N) is 3. The Hall–Kier alpha value is -15.4. The summed E-state index contributed by atoms with van der Waals surface area (Å²) in [6.45, 7) is 20.3. The molecule has 0 atom stereocenters. The third kappa shape index (κ3) is 12.6. The molecule has 3 heterocycles. The Balaban J connectivity index is 0.833. The molecule has 0 radical (unpaired) electrons. The summed E-state index contributed by atoms with van der Waals surface area (Å²) in [5.41, 5.74) is 35.9. The van der Waals surface area contributed by atoms with Gasteiger partial charge in [-0.05, 0) is 257 Å². The maximum atomic E-state index is 10.5. The molecular weight excluding hydrogens is 1590 g/mol. The summed E-state index contributed by atoms with van der Waals surface area (Å²) in [6, 6.07) is 145. The monoisotopic (exact) mass is 1700 g/mol. The highest BCUT2D eigenvalue weighted by Crippen LogP contribution is 2.61. The predicted octanol–water partition coefficient (Wildman–Crippen LogP) is 31.5. The molecule has 1 aromatic heterocycles. The van der Waals surface area contributed by atoms with Crippen molar-refractivity contribution >= 4 is 79.0 Å². The molecule has 0 saturated heterocycles. The second-order valence-corrected chi connectivity index (χ2v) is 39.3. The summed E-state index contributed by atoms with van der Waals surface area (Å²) in [5.74, 6) is 0. The van der Waals surface area contributed by atoms with Crippen LogP contribution in [0.4, 0.5) is 34.1 Å². The fourth-order valence-electron chi connectivity index (χ4n) is 22.2. The van der Waals surface area contributed by atoms with E-state index in [1.165, 1.54) is 61.2 Å². The Kier molecular flexibility index (Phi) is 16.9. The SMILES string of the molecule is [2H]c1c([2H])c([2H])c2c(c1[2H])c1c([2H])c(-c3ccccc3)c([2H])c([2H])c1n2-c1ccc2c(c1)N(c1ccc(-c3ccccc3)cc1-c1ccc3c(c1)-c1ccccc1C3(c1ccccc1)c1ccccc1)c1cc(C(C)(C)C)cc3c1B2c1ccc(-c2cc(C(C)(C)C)cc(C(C)(C)C)c2)cc1N3c1ccc(-c2ccccc2)cc1-c1ccc2c(c1)-c1ccccc1C2(c1ccccc1)c1ccccc1. The van der Waals surface area contributed by atoms with Gasteiger partial charge in [0.2, 0.25) is 0 Å². The van der Waals surface area contributed by atoms with Crippen LogP contribution >= 0.6 is 0 Å². The average Bonchev–Trinajstić information content (AvgIpc) is 1.65. The molecule has 4 aliphatic rings. The van der Waals surface area contributed by atoms with Crippen molar-refractivity contribution in [3.8, 4) is 94.7 Å². The molecule has 0 spiro atoms. The van der Waals surface area contributed by atoms with E-state index in [0.717, 1.165) is 128 Å². The first-order valence-electron chi connectivity index (χ1n) is 49.7. The minimum atomic E-state index is -0.691. The molecule has 0 fully saturated rings. The topological polar surface area (TPSA) is 11.4 Å². The van der Waals surface area contributed by atoms with Crippen LogP contribution in [0.3, 0.4) is 0 Å². The quantitative estimate of drug-likeness (QED) is 0.107. The van der Waals surface area contributed by atoms with Gasteiger partial charge in [0.1, 0.15) is 0 Å². The Labute approximate surface area is 785 Å². The van der Waals surface area contributed by atoms with Gasteiger partial charge in [-0.2, -0.15) is 0 Å². The minimum absolute atomic E-state index is 0.102. The molecule has 132 heavy (non-hydrogen) atoms. The Morgan fingerprint density at radius 1 is 0.242 bits per heavy atom. The fraction of sp³-hybridized carbons (Fsp3) is 0.109. The number of fused-ring (bicyclic) bond motifs is 13. The molecule has 2 aliphatic heterocycles. The van der Waals surface area contributed by atoms with Gasteiger partial charge in [-0.25, -0.2) is 0 Å². The lowest BCUT2D eigenvalue weighted by Gasteiger charge is -2.46. The fourth-order valence-corrected chi connectivity index (χ4v) is 22.2. The summed E-state index contributed by atoms with van der Waals surface area (Å²) in [7, 11) is 0. The normalized spacial score (nSPS) is 14.5. The largest absolute Gasteiger partial charge is 0.311 e. The van der Waals surface area contributed by atoms with Crippen LogP contribution in [0, 0.1) is 0 Å². The smallest absolute Gasteiger partial charge is 0.252 e. The van der Waals surface area contributed by atoms with Crippen molar-refractivity contribution in [3.63, 3.8) is 0 Å². The summed E-state index contributed by atoms with van der Waals surface area (Å²) < 4.78 is 72.1. The molecule has 0 bridgehead atoms. The number of benzene rings is 19. The van der Waals surface area contributed by atoms with Crippen LogP contribution in [0.2, 0.25) is 0 Å². The highest BCUT2D eigenvalue weighted by Gasteiger charge is 2.50. The molecule has 3 nitrogen and oxygen atoms in total. The van der Waals surface area contributed by atoms with Crippen molar-refractivity contribution in [1.82, 2.24) is 4.57 Å². The first kappa shape index (κ1) is 72.5. The second kappa shape index (κ2) is 30.7. The second-order valence-electron chi connectivity index (χ2n) is 39.3. The highest BCUT2D eigenvalue weighted by molar-refractivity contribution is 7.00. The number of rotatable bonds is 13. The molecule has 20 aromatic rings. The van der Waals surface area contributed by atoms with Gasteiger partial charge in [-0.15, -0.1) is 0 Å². The number of hydrogen-bond donors (Lipinski definition) is 0. The molecule has 2 aliphatic carbocycles. The van der Waals surface area contributed by atoms with Gasteiger partial charge in [0.15, 0.2) is 0 Å². The van der Waals surface area contributed by atoms with Gasteiger partial charge >= 0.3 is 0 Å². The standard InChI is InChI=1S/C128H100BN3/c1-124(2,3)97-71-92(72-98(79-97)125(4,5)6)89-59-66-113-119(78-89)131(116-68-60-86(83-37-17-10-18-38-83)73-104(116)90-57-64-111-106(76-90)101-51-31-34-54-109(101)127(111,93-43-23-13-24-44-93)94-45-25-14-26-46-94)121-80-99(126(7,8)9)81-122-123(121)129(113)114-67-63-100(130-115-56-36-33-53-103(115)108-75-88(62-70-118(108)130)85-41-21-12-22-42-85)82-120(114)132(122)117-69-61-87(84-39-19-11-20-40-84)74-105(117)91-58-65-112-107(77-91)102-52-32-35-55-110(102)128(112,95-47-27-15-28-48-95)96-49-29-16-30-50-96/h10-82H,1-9H3/i33D,36D,53D,56D,62D,70D,75D. The van der Waals surface area contributed by atoms with E-state index in [1.807, 2.05) is 30.3 Å². The summed E-state index contributed by atoms with van der Waals surface area (Å²) >= 11 is 0. The molecule has 0 amide bonds. The lowest BCUT2D eigenvalue weighted by molar-refractivity contribution is 0.569. The van der Waals surface area contributed by atoms with Gasteiger partial charge in [0, 0.05) is 50.3 Å². The van der Waals surface area contributed by atoms with Crippen LogP contribution in [-0.2, 0) is 27.1 Å². The third-order valence-corrected chi connectivity index (χ3v) is 28.6. The van der Waals surface area contributed by atoms with Gasteiger partial charge < -0.3 is 14.4 Å². The van der Waals surface area contributed by atoms with Crippen molar-refractivity contribution in [2.45, 2.75) is 89.4 Å². The van der Waals surface area contributed by atoms with Gasteiger partial charge in [-0.1, -0.05) is 420 Å². The number of hydrogen-bond acceptors (Lipinski definition) is 2. The van der Waals surface area contributed by atoms with E-state index in [9.17, 15) is 9.60 Å². The predicted molar refractivity (Wildman–Crippen MR) is 558 cm³/mol. The number of para-hydroxylation sites is 1. The van der Waals surface area contributed by atoms with Crippen molar-refractivity contribution in [3.05, 3.63) is 504 Å². The zero-order valence-electron chi connectivity index (χ0n) is 82.5. The average molecular weight is 1700 g/mol. The summed E-state index contributed by atoms with van der Waals surface area (Å²) in [4.78, 5) is 5.11. The molecule has 0 unspecified atom stereocenters. The molecule has 19 aromatic carbocycles. The van der Waals surface area contributed by atoms with Gasteiger partial charge in [0.05, 0.1) is 42.8 Å². The van der Waals surface area contributed by atoms with E-state index >= 15 is 0 Å². The third-order valence-electron chi connectivity index (χ3n) is 28.6. The molecule has 0 saturated carbocycles. The lowest BCUT2D eigenvalue weighted by atomic mass is 9.33. The van der Waals surface area contributed by atoms with Crippen LogP contribution in [-0.4, -0.2) is 11.3 Å². The van der Waals surface area contributed by atoms with Crippen LogP contribution in [0.25, 0.3) is 117 Å². The van der Waals surface area contributed by atoms with Gasteiger partial charge in [0.25, 0.3) is 6.71 Å². The van der Waals surface area contributed by atoms with E-state index in [1.54, 1.807) is 4.57 Å². The van der Waals surface area contributed by atoms with Crippen LogP contribution in [0.5, 0.6) is 0 Å². The summed E-state index contributed by atoms with van der Waals surface area (Å²) in [5, 5.41) is 0.263. The molecular formula is C128H100BN3. The van der Waals surface area contributed by atoms with Crippen LogP contribution in [0.1, 0.15) is 133 Å². The first-order chi connectivity index (χ1) is 67.3. The Morgan fingerprint density at radius 3 is 1.07 bits per heavy atom. The molecule has 4 heteroatoms. The van der Waals surface area contributed by atoms with Gasteiger partial charge in [-0.3, -0.25) is 0 Å². The van der Waals surface area contributed by atoms with Crippen molar-refractivity contribution < 1.29 is 9.60 Å². The molecule has 0 N–H and O–H groups in total. The van der Waals surface area contributed by atoms with E-state index in [2.05, 4.69) is 442 Å². The molecule has 24 rings (SSSR count). The highest BCUT2D eigenvalue weighted by atomic mass is 15.2. The summed E-state index contributed by atoms with van der Waals surface area (Å²) in [6.07, 6.45) is 0. The Morgan fingerprint density at radius 2 is 0.606 bits per heavy atom.